The summed E-state index contributed by atoms with van der Waals surface area (Å²) in [5, 5.41) is 12.2. The van der Waals surface area contributed by atoms with E-state index < -0.39 is 11.2 Å². The van der Waals surface area contributed by atoms with Crippen molar-refractivity contribution in [1.29, 1.82) is 0 Å². The first-order valence-electron chi connectivity index (χ1n) is 8.88. The molecule has 0 radical (unpaired) electrons. The highest BCUT2D eigenvalue weighted by Crippen LogP contribution is 2.37. The van der Waals surface area contributed by atoms with E-state index in [0.717, 1.165) is 11.8 Å². The molecule has 0 saturated carbocycles. The number of esters is 1. The quantitative estimate of drug-likeness (QED) is 0.622. The fourth-order valence-corrected chi connectivity index (χ4v) is 4.34. The fraction of sp³-hybridized carbons (Fsp3) is 0.200. The van der Waals surface area contributed by atoms with E-state index >= 15 is 0 Å². The zero-order valence-corrected chi connectivity index (χ0v) is 18.7. The standard InChI is InChI=1S/C20H17Cl2N3O5S/c1-25-18(28)15(31-20(25)24-12-7-13(21)17(27)14(22)8-12)9-16(26)23-11-5-3-10(4-6-11)19(29)30-2/h3-8,15,27H,9H2,1-2H3,(H,23,26)/t15-/m0/s1. The van der Waals surface area contributed by atoms with Gasteiger partial charge >= 0.3 is 5.97 Å². The van der Waals surface area contributed by atoms with Gasteiger partial charge in [-0.25, -0.2) is 9.79 Å². The molecule has 8 nitrogen and oxygen atoms in total. The van der Waals surface area contributed by atoms with Gasteiger partial charge in [-0.1, -0.05) is 35.0 Å². The normalized spacial score (nSPS) is 17.2. The number of amides is 2. The van der Waals surface area contributed by atoms with Gasteiger partial charge in [0.1, 0.15) is 5.25 Å². The Morgan fingerprint density at radius 1 is 1.23 bits per heavy atom. The minimum absolute atomic E-state index is 0.0398. The minimum atomic E-state index is -0.652. The molecule has 0 aromatic heterocycles. The summed E-state index contributed by atoms with van der Waals surface area (Å²) in [5.41, 5.74) is 1.22. The van der Waals surface area contributed by atoms with Gasteiger partial charge in [-0.15, -0.1) is 0 Å². The Balaban J connectivity index is 1.66. The summed E-state index contributed by atoms with van der Waals surface area (Å²) in [6.45, 7) is 0. The molecule has 1 aliphatic heterocycles. The number of halogens is 2. The lowest BCUT2D eigenvalue weighted by Crippen LogP contribution is -2.30. The number of phenolic OH excluding ortho intramolecular Hbond substituents is 1. The molecule has 2 aromatic rings. The van der Waals surface area contributed by atoms with Crippen LogP contribution in [-0.4, -0.2) is 52.4 Å². The number of hydrogen-bond donors (Lipinski definition) is 2. The maximum atomic E-state index is 12.5. The number of phenols is 1. The van der Waals surface area contributed by atoms with Crippen molar-refractivity contribution in [2.75, 3.05) is 19.5 Å². The number of thioether (sulfide) groups is 1. The highest BCUT2D eigenvalue weighted by atomic mass is 35.5. The number of rotatable bonds is 5. The molecule has 3 rings (SSSR count). The first kappa shape index (κ1) is 22.9. The molecule has 1 atom stereocenters. The number of carbonyl (C=O) groups is 3. The summed E-state index contributed by atoms with van der Waals surface area (Å²) in [5.74, 6) is -1.35. The molecule has 162 valence electrons. The van der Waals surface area contributed by atoms with E-state index in [2.05, 4.69) is 15.0 Å². The highest BCUT2D eigenvalue weighted by Gasteiger charge is 2.37. The lowest BCUT2D eigenvalue weighted by atomic mass is 10.2. The first-order valence-corrected chi connectivity index (χ1v) is 10.5. The molecule has 11 heteroatoms. The summed E-state index contributed by atoms with van der Waals surface area (Å²) in [6.07, 6.45) is -0.0668. The topological polar surface area (TPSA) is 108 Å². The lowest BCUT2D eigenvalue weighted by Gasteiger charge is -2.10. The molecular weight excluding hydrogens is 465 g/mol. The number of ether oxygens (including phenoxy) is 1. The van der Waals surface area contributed by atoms with Crippen LogP contribution in [0, 0.1) is 0 Å². The summed E-state index contributed by atoms with van der Waals surface area (Å²) in [4.78, 5) is 42.1. The second-order valence-electron chi connectivity index (χ2n) is 6.48. The van der Waals surface area contributed by atoms with Gasteiger partial charge in [-0.3, -0.25) is 14.5 Å². The van der Waals surface area contributed by atoms with Gasteiger partial charge in [0.25, 0.3) is 0 Å². The lowest BCUT2D eigenvalue weighted by molar-refractivity contribution is -0.127. The number of nitrogens with one attached hydrogen (secondary N) is 1. The van der Waals surface area contributed by atoms with Crippen molar-refractivity contribution < 1.29 is 24.2 Å². The van der Waals surface area contributed by atoms with Crippen LogP contribution in [0.3, 0.4) is 0 Å². The number of amidine groups is 1. The van der Waals surface area contributed by atoms with Gasteiger partial charge in [0.15, 0.2) is 10.9 Å². The van der Waals surface area contributed by atoms with Crippen molar-refractivity contribution in [2.45, 2.75) is 11.7 Å². The van der Waals surface area contributed by atoms with Crippen LogP contribution in [0.15, 0.2) is 41.4 Å². The zero-order chi connectivity index (χ0) is 22.7. The first-order chi connectivity index (χ1) is 14.7. The Hall–Kier alpha value is -2.75. The van der Waals surface area contributed by atoms with Crippen LogP contribution in [0.25, 0.3) is 0 Å². The number of carbonyl (C=O) groups excluding carboxylic acids is 3. The summed E-state index contributed by atoms with van der Waals surface area (Å²) in [6, 6.07) is 9.06. The number of aliphatic imine (C=N–C) groups is 1. The van der Waals surface area contributed by atoms with Crippen molar-refractivity contribution in [3.63, 3.8) is 0 Å². The molecule has 0 bridgehead atoms. The smallest absolute Gasteiger partial charge is 0.337 e. The molecule has 2 N–H and O–H groups in total. The average Bonchev–Trinajstić information content (AvgIpc) is 2.99. The van der Waals surface area contributed by atoms with Crippen molar-refractivity contribution in [3.8, 4) is 5.75 Å². The zero-order valence-electron chi connectivity index (χ0n) is 16.4. The van der Waals surface area contributed by atoms with E-state index in [-0.39, 0.29) is 34.0 Å². The number of nitrogens with zero attached hydrogens (tertiary/aromatic N) is 2. The molecule has 1 fully saturated rings. The monoisotopic (exact) mass is 481 g/mol. The third kappa shape index (κ3) is 5.30. The third-order valence-electron chi connectivity index (χ3n) is 4.33. The molecule has 1 heterocycles. The van der Waals surface area contributed by atoms with Gasteiger partial charge in [0.2, 0.25) is 11.8 Å². The second kappa shape index (κ2) is 9.59. The molecule has 31 heavy (non-hydrogen) atoms. The Morgan fingerprint density at radius 2 is 1.84 bits per heavy atom. The number of benzene rings is 2. The Morgan fingerprint density at radius 3 is 2.42 bits per heavy atom. The van der Waals surface area contributed by atoms with Gasteiger partial charge in [-0.05, 0) is 36.4 Å². The second-order valence-corrected chi connectivity index (χ2v) is 8.46. The molecule has 2 aromatic carbocycles. The number of hydrogen-bond acceptors (Lipinski definition) is 7. The van der Waals surface area contributed by atoms with Crippen LogP contribution in [0.2, 0.25) is 10.0 Å². The maximum absolute atomic E-state index is 12.5. The van der Waals surface area contributed by atoms with Gasteiger partial charge < -0.3 is 15.2 Å². The largest absolute Gasteiger partial charge is 0.505 e. The number of aromatic hydroxyl groups is 1. The third-order valence-corrected chi connectivity index (χ3v) is 6.13. The van der Waals surface area contributed by atoms with Gasteiger partial charge in [-0.2, -0.15) is 0 Å². The van der Waals surface area contributed by atoms with Gasteiger partial charge in [0, 0.05) is 19.2 Å². The molecular formula is C20H17Cl2N3O5S. The van der Waals surface area contributed by atoms with E-state index in [1.54, 1.807) is 19.2 Å². The van der Waals surface area contributed by atoms with Crippen molar-refractivity contribution in [3.05, 3.63) is 52.0 Å². The van der Waals surface area contributed by atoms with Gasteiger partial charge in [0.05, 0.1) is 28.4 Å². The number of anilines is 1. The molecule has 0 unspecified atom stereocenters. The summed E-state index contributed by atoms with van der Waals surface area (Å²) in [7, 11) is 2.84. The van der Waals surface area contributed by atoms with Crippen molar-refractivity contribution >= 4 is 69.3 Å². The van der Waals surface area contributed by atoms with Crippen LogP contribution < -0.4 is 5.32 Å². The van der Waals surface area contributed by atoms with Crippen LogP contribution in [-0.2, 0) is 14.3 Å². The van der Waals surface area contributed by atoms with Crippen LogP contribution in [0.4, 0.5) is 11.4 Å². The summed E-state index contributed by atoms with van der Waals surface area (Å²) < 4.78 is 4.63. The van der Waals surface area contributed by atoms with Crippen LogP contribution in [0.1, 0.15) is 16.8 Å². The SMILES string of the molecule is COC(=O)c1ccc(NC(=O)C[C@@H]2SC(=Nc3cc(Cl)c(O)c(Cl)c3)N(C)C2=O)cc1. The van der Waals surface area contributed by atoms with E-state index in [0.29, 0.717) is 22.1 Å². The molecule has 0 aliphatic carbocycles. The van der Waals surface area contributed by atoms with E-state index in [1.807, 2.05) is 0 Å². The number of methoxy groups -OCH3 is 1. The maximum Gasteiger partial charge on any atom is 0.337 e. The van der Waals surface area contributed by atoms with E-state index in [4.69, 9.17) is 23.2 Å². The van der Waals surface area contributed by atoms with Crippen LogP contribution >= 0.6 is 35.0 Å². The fourth-order valence-electron chi connectivity index (χ4n) is 2.71. The predicted octanol–water partition coefficient (Wildman–Crippen LogP) is 4.08. The van der Waals surface area contributed by atoms with Crippen molar-refractivity contribution in [1.82, 2.24) is 4.90 Å². The molecule has 1 saturated heterocycles. The molecule has 0 spiro atoms. The minimum Gasteiger partial charge on any atom is -0.505 e. The Kier molecular flexibility index (Phi) is 7.09. The molecule has 2 amide bonds. The van der Waals surface area contributed by atoms with E-state index in [1.165, 1.54) is 36.3 Å². The summed E-state index contributed by atoms with van der Waals surface area (Å²) >= 11 is 13.0. The Bertz CT molecular complexity index is 1050. The average molecular weight is 482 g/mol. The van der Waals surface area contributed by atoms with Crippen molar-refractivity contribution in [2.24, 2.45) is 4.99 Å². The van der Waals surface area contributed by atoms with Crippen LogP contribution in [0.5, 0.6) is 5.75 Å². The highest BCUT2D eigenvalue weighted by molar-refractivity contribution is 8.15. The van der Waals surface area contributed by atoms with E-state index in [9.17, 15) is 19.5 Å². The Labute approximate surface area is 192 Å². The predicted molar refractivity (Wildman–Crippen MR) is 120 cm³/mol. The molecule has 1 aliphatic rings.